The molecule has 5 heteroatoms. The number of unbranched alkanes of at least 4 members (excludes halogenated alkanes) is 1. The van der Waals surface area contributed by atoms with Gasteiger partial charge in [-0.1, -0.05) is 38.5 Å². The van der Waals surface area contributed by atoms with E-state index in [1.807, 2.05) is 18.2 Å². The Balaban J connectivity index is 2.09. The third-order valence-electron chi connectivity index (χ3n) is 3.38. The van der Waals surface area contributed by atoms with Crippen molar-refractivity contribution in [3.05, 3.63) is 47.9 Å². The maximum Gasteiger partial charge on any atom is 0.270 e. The molecule has 1 amide bonds. The Morgan fingerprint density at radius 2 is 2.00 bits per heavy atom. The quantitative estimate of drug-likeness (QED) is 0.770. The first-order valence-electron chi connectivity index (χ1n) is 7.69. The molecule has 0 unspecified atom stereocenters. The number of carbonyl (C=O) groups is 1. The topological polar surface area (TPSA) is 66.9 Å². The molecule has 0 saturated heterocycles. The number of nitrogens with one attached hydrogen (secondary N) is 2. The van der Waals surface area contributed by atoms with Crippen molar-refractivity contribution >= 4 is 17.4 Å². The van der Waals surface area contributed by atoms with E-state index in [0.717, 1.165) is 24.9 Å². The van der Waals surface area contributed by atoms with Gasteiger partial charge in [0.05, 0.1) is 0 Å². The van der Waals surface area contributed by atoms with Crippen LogP contribution >= 0.6 is 0 Å². The molecule has 0 fully saturated rings. The third-order valence-corrected chi connectivity index (χ3v) is 3.38. The van der Waals surface area contributed by atoms with Gasteiger partial charge in [0.2, 0.25) is 0 Å². The van der Waals surface area contributed by atoms with Crippen molar-refractivity contribution < 1.29 is 4.79 Å². The maximum absolute atomic E-state index is 12.0. The average Bonchev–Trinajstić information content (AvgIpc) is 2.56. The molecule has 0 aliphatic heterocycles. The van der Waals surface area contributed by atoms with Gasteiger partial charge in [0.25, 0.3) is 5.91 Å². The Kier molecular flexibility index (Phi) is 5.89. The van der Waals surface area contributed by atoms with Crippen LogP contribution in [0.3, 0.4) is 0 Å². The van der Waals surface area contributed by atoms with E-state index in [1.54, 1.807) is 6.07 Å². The monoisotopic (exact) mass is 298 g/mol. The summed E-state index contributed by atoms with van der Waals surface area (Å²) in [6.07, 6.45) is 4.35. The van der Waals surface area contributed by atoms with Gasteiger partial charge in [0.15, 0.2) is 0 Å². The van der Waals surface area contributed by atoms with Crippen LogP contribution in [-0.2, 0) is 6.42 Å². The zero-order valence-corrected chi connectivity index (χ0v) is 13.1. The van der Waals surface area contributed by atoms with Crippen molar-refractivity contribution in [1.82, 2.24) is 15.3 Å². The number of amides is 1. The van der Waals surface area contributed by atoms with Gasteiger partial charge in [0.1, 0.15) is 17.8 Å². The first kappa shape index (κ1) is 15.9. The summed E-state index contributed by atoms with van der Waals surface area (Å²) in [4.78, 5) is 20.2. The van der Waals surface area contributed by atoms with E-state index in [9.17, 15) is 4.79 Å². The molecule has 0 aliphatic carbocycles. The second-order valence-electron chi connectivity index (χ2n) is 5.03. The highest BCUT2D eigenvalue weighted by atomic mass is 16.1. The third kappa shape index (κ3) is 4.28. The van der Waals surface area contributed by atoms with E-state index in [-0.39, 0.29) is 5.91 Å². The molecule has 0 spiro atoms. The lowest BCUT2D eigenvalue weighted by Gasteiger charge is -2.10. The number of hydrogen-bond acceptors (Lipinski definition) is 4. The Morgan fingerprint density at radius 3 is 2.77 bits per heavy atom. The van der Waals surface area contributed by atoms with E-state index < -0.39 is 0 Å². The summed E-state index contributed by atoms with van der Waals surface area (Å²) in [7, 11) is 0. The van der Waals surface area contributed by atoms with Gasteiger partial charge in [-0.3, -0.25) is 4.79 Å². The summed E-state index contributed by atoms with van der Waals surface area (Å²) in [6.45, 7) is 4.86. The van der Waals surface area contributed by atoms with Crippen molar-refractivity contribution in [1.29, 1.82) is 0 Å². The summed E-state index contributed by atoms with van der Waals surface area (Å²) in [6, 6.07) is 9.73. The summed E-state index contributed by atoms with van der Waals surface area (Å²) < 4.78 is 0. The van der Waals surface area contributed by atoms with Crippen LogP contribution < -0.4 is 10.6 Å². The molecule has 1 aromatic carbocycles. The lowest BCUT2D eigenvalue weighted by atomic mass is 10.1. The minimum atomic E-state index is -0.164. The number of anilines is 2. The van der Waals surface area contributed by atoms with E-state index >= 15 is 0 Å². The van der Waals surface area contributed by atoms with Gasteiger partial charge in [-0.2, -0.15) is 0 Å². The van der Waals surface area contributed by atoms with Gasteiger partial charge in [-0.15, -0.1) is 0 Å². The van der Waals surface area contributed by atoms with Crippen LogP contribution in [0.4, 0.5) is 11.5 Å². The van der Waals surface area contributed by atoms with E-state index in [1.165, 1.54) is 11.9 Å². The molecule has 0 saturated carbocycles. The summed E-state index contributed by atoms with van der Waals surface area (Å²) in [5.41, 5.74) is 2.58. The summed E-state index contributed by atoms with van der Waals surface area (Å²) in [5.74, 6) is 0.458. The highest BCUT2D eigenvalue weighted by Crippen LogP contribution is 2.19. The number of aromatic nitrogens is 2. The fraction of sp³-hybridized carbons (Fsp3) is 0.353. The smallest absolute Gasteiger partial charge is 0.270 e. The minimum absolute atomic E-state index is 0.164. The van der Waals surface area contributed by atoms with Crippen molar-refractivity contribution in [2.45, 2.75) is 33.1 Å². The second kappa shape index (κ2) is 8.12. The van der Waals surface area contributed by atoms with Crippen LogP contribution in [0.2, 0.25) is 0 Å². The van der Waals surface area contributed by atoms with Crippen molar-refractivity contribution in [3.8, 4) is 0 Å². The Morgan fingerprint density at radius 1 is 1.18 bits per heavy atom. The van der Waals surface area contributed by atoms with Crippen molar-refractivity contribution in [3.63, 3.8) is 0 Å². The normalized spacial score (nSPS) is 10.3. The zero-order valence-electron chi connectivity index (χ0n) is 13.1. The summed E-state index contributed by atoms with van der Waals surface area (Å²) in [5, 5.41) is 6.11. The largest absolute Gasteiger partial charge is 0.351 e. The molecular weight excluding hydrogens is 276 g/mol. The number of carbonyl (C=O) groups excluding carboxylic acids is 1. The molecule has 0 atom stereocenters. The van der Waals surface area contributed by atoms with Crippen LogP contribution in [0.1, 0.15) is 42.7 Å². The first-order valence-corrected chi connectivity index (χ1v) is 7.69. The summed E-state index contributed by atoms with van der Waals surface area (Å²) >= 11 is 0. The zero-order chi connectivity index (χ0) is 15.8. The van der Waals surface area contributed by atoms with Crippen LogP contribution in [0.15, 0.2) is 36.7 Å². The first-order chi connectivity index (χ1) is 10.7. The Labute approximate surface area is 131 Å². The molecule has 1 heterocycles. The molecule has 116 valence electrons. The molecule has 0 bridgehead atoms. The van der Waals surface area contributed by atoms with Crippen LogP contribution in [0.5, 0.6) is 0 Å². The van der Waals surface area contributed by atoms with Gasteiger partial charge in [-0.25, -0.2) is 9.97 Å². The van der Waals surface area contributed by atoms with E-state index in [2.05, 4.69) is 40.5 Å². The van der Waals surface area contributed by atoms with Gasteiger partial charge < -0.3 is 10.6 Å². The number of aryl methyl sites for hydroxylation is 1. The van der Waals surface area contributed by atoms with Crippen LogP contribution in [0, 0.1) is 0 Å². The molecule has 0 radical (unpaired) electrons. The minimum Gasteiger partial charge on any atom is -0.351 e. The molecule has 2 rings (SSSR count). The lowest BCUT2D eigenvalue weighted by Crippen LogP contribution is -2.25. The van der Waals surface area contributed by atoms with Crippen molar-refractivity contribution in [2.24, 2.45) is 0 Å². The number of rotatable bonds is 7. The van der Waals surface area contributed by atoms with E-state index in [4.69, 9.17) is 0 Å². The molecule has 1 aromatic heterocycles. The molecule has 22 heavy (non-hydrogen) atoms. The number of benzene rings is 1. The van der Waals surface area contributed by atoms with E-state index in [0.29, 0.717) is 18.1 Å². The van der Waals surface area contributed by atoms with Crippen LogP contribution in [0.25, 0.3) is 0 Å². The Bertz CT molecular complexity index is 628. The molecule has 5 nitrogen and oxygen atoms in total. The predicted molar refractivity (Wildman–Crippen MR) is 88.4 cm³/mol. The highest BCUT2D eigenvalue weighted by Gasteiger charge is 2.09. The molecule has 0 aliphatic rings. The van der Waals surface area contributed by atoms with Gasteiger partial charge in [-0.05, 0) is 24.5 Å². The van der Waals surface area contributed by atoms with Crippen LogP contribution in [-0.4, -0.2) is 22.4 Å². The number of hydrogen-bond donors (Lipinski definition) is 2. The maximum atomic E-state index is 12.0. The lowest BCUT2D eigenvalue weighted by molar-refractivity contribution is 0.0948. The molecule has 2 aromatic rings. The average molecular weight is 298 g/mol. The molecule has 2 N–H and O–H groups in total. The van der Waals surface area contributed by atoms with Gasteiger partial charge >= 0.3 is 0 Å². The number of nitrogens with zero attached hydrogens (tertiary/aromatic N) is 2. The SMILES string of the molecule is CCCCNC(=O)c1cc(Nc2ccccc2CC)ncn1. The standard InChI is InChI=1S/C17H22N4O/c1-3-5-10-18-17(22)15-11-16(20-12-19-15)21-14-9-7-6-8-13(14)4-2/h6-9,11-12H,3-5,10H2,1-2H3,(H,18,22)(H,19,20,21). The number of para-hydroxylation sites is 1. The fourth-order valence-corrected chi connectivity index (χ4v) is 2.11. The second-order valence-corrected chi connectivity index (χ2v) is 5.03. The highest BCUT2D eigenvalue weighted by molar-refractivity contribution is 5.92. The predicted octanol–water partition coefficient (Wildman–Crippen LogP) is 3.31. The fourth-order valence-electron chi connectivity index (χ4n) is 2.11. The van der Waals surface area contributed by atoms with Crippen molar-refractivity contribution in [2.75, 3.05) is 11.9 Å². The van der Waals surface area contributed by atoms with Gasteiger partial charge in [0, 0.05) is 18.3 Å². The Hall–Kier alpha value is -2.43. The molecular formula is C17H22N4O.